The van der Waals surface area contributed by atoms with Crippen LogP contribution in [0, 0.1) is 0 Å². The number of aromatic nitrogens is 1. The number of halogens is 2. The van der Waals surface area contributed by atoms with Crippen LogP contribution in [0.15, 0.2) is 72.6 Å². The summed E-state index contributed by atoms with van der Waals surface area (Å²) in [5, 5.41) is 3.81. The van der Waals surface area contributed by atoms with Crippen molar-refractivity contribution in [3.8, 4) is 5.75 Å². The smallest absolute Gasteiger partial charge is 0.278 e. The van der Waals surface area contributed by atoms with Crippen molar-refractivity contribution in [1.29, 1.82) is 0 Å². The lowest BCUT2D eigenvalue weighted by molar-refractivity contribution is -0.137. The third-order valence-electron chi connectivity index (χ3n) is 4.83. The number of imide groups is 1. The second kappa shape index (κ2) is 9.42. The molecule has 0 atom stereocenters. The summed E-state index contributed by atoms with van der Waals surface area (Å²) < 4.78 is 5.54. The Bertz CT molecular complexity index is 1210. The predicted molar refractivity (Wildman–Crippen MR) is 124 cm³/mol. The zero-order valence-corrected chi connectivity index (χ0v) is 18.7. The molecule has 1 aliphatic rings. The summed E-state index contributed by atoms with van der Waals surface area (Å²) in [4.78, 5) is 32.1. The van der Waals surface area contributed by atoms with E-state index in [4.69, 9.17) is 27.9 Å². The molecule has 6 nitrogen and oxygen atoms in total. The average molecular weight is 468 g/mol. The standard InChI is InChI=1S/C24H19Cl2N3O3/c1-2-32-18-8-5-7-16(13-18)28-22-21(19-10-9-15(25)12-20(19)26)23(30)29(24(22)31)14-17-6-3-4-11-27-17/h3-13,28H,2,14H2,1H3. The molecule has 0 unspecified atom stereocenters. The molecule has 0 aliphatic carbocycles. The Balaban J connectivity index is 1.76. The Hall–Kier alpha value is -3.35. The number of ether oxygens (including phenoxy) is 1. The van der Waals surface area contributed by atoms with Crippen LogP contribution in [0.4, 0.5) is 5.69 Å². The van der Waals surface area contributed by atoms with E-state index in [-0.39, 0.29) is 22.8 Å². The molecule has 0 fully saturated rings. The molecule has 162 valence electrons. The lowest BCUT2D eigenvalue weighted by Gasteiger charge is -2.15. The molecular weight excluding hydrogens is 449 g/mol. The minimum absolute atomic E-state index is 0.0391. The minimum atomic E-state index is -0.469. The van der Waals surface area contributed by atoms with Gasteiger partial charge in [0.25, 0.3) is 11.8 Å². The molecule has 8 heteroatoms. The van der Waals surface area contributed by atoms with E-state index in [9.17, 15) is 9.59 Å². The quantitative estimate of drug-likeness (QED) is 0.484. The van der Waals surface area contributed by atoms with Gasteiger partial charge in [0.15, 0.2) is 0 Å². The number of nitrogens with zero attached hydrogens (tertiary/aromatic N) is 2. The van der Waals surface area contributed by atoms with E-state index in [1.165, 1.54) is 6.07 Å². The van der Waals surface area contributed by atoms with Gasteiger partial charge in [-0.2, -0.15) is 0 Å². The van der Waals surface area contributed by atoms with Crippen LogP contribution in [0.2, 0.25) is 10.0 Å². The van der Waals surface area contributed by atoms with Gasteiger partial charge in [0, 0.05) is 28.5 Å². The Morgan fingerprint density at radius 1 is 1.00 bits per heavy atom. The van der Waals surface area contributed by atoms with E-state index in [1.54, 1.807) is 54.7 Å². The fraction of sp³-hybridized carbons (Fsp3) is 0.125. The Morgan fingerprint density at radius 3 is 2.56 bits per heavy atom. The largest absolute Gasteiger partial charge is 0.494 e. The topological polar surface area (TPSA) is 71.5 Å². The molecule has 3 aromatic rings. The van der Waals surface area contributed by atoms with Crippen molar-refractivity contribution in [1.82, 2.24) is 9.88 Å². The summed E-state index contributed by atoms with van der Waals surface area (Å²) in [5.74, 6) is -0.289. The van der Waals surface area contributed by atoms with Crippen molar-refractivity contribution >= 4 is 46.3 Å². The molecule has 2 heterocycles. The highest BCUT2D eigenvalue weighted by Gasteiger charge is 2.40. The summed E-state index contributed by atoms with van der Waals surface area (Å²) >= 11 is 12.4. The van der Waals surface area contributed by atoms with E-state index in [1.807, 2.05) is 13.0 Å². The molecule has 0 spiro atoms. The second-order valence-corrected chi connectivity index (χ2v) is 7.82. The van der Waals surface area contributed by atoms with E-state index in [2.05, 4.69) is 10.3 Å². The van der Waals surface area contributed by atoms with Crippen LogP contribution < -0.4 is 10.1 Å². The second-order valence-electron chi connectivity index (χ2n) is 6.98. The van der Waals surface area contributed by atoms with Crippen LogP contribution >= 0.6 is 23.2 Å². The van der Waals surface area contributed by atoms with Crippen LogP contribution in [0.1, 0.15) is 18.2 Å². The van der Waals surface area contributed by atoms with Gasteiger partial charge in [0.1, 0.15) is 11.4 Å². The first kappa shape index (κ1) is 21.9. The normalized spacial score (nSPS) is 13.7. The van der Waals surface area contributed by atoms with Gasteiger partial charge in [-0.3, -0.25) is 19.5 Å². The van der Waals surface area contributed by atoms with Gasteiger partial charge in [0.2, 0.25) is 0 Å². The molecule has 1 aliphatic heterocycles. The first-order valence-corrected chi connectivity index (χ1v) is 10.7. The van der Waals surface area contributed by atoms with E-state index in [0.29, 0.717) is 34.3 Å². The fourth-order valence-electron chi connectivity index (χ4n) is 3.41. The van der Waals surface area contributed by atoms with Gasteiger partial charge in [-0.1, -0.05) is 41.4 Å². The summed E-state index contributed by atoms with van der Waals surface area (Å²) in [6.07, 6.45) is 1.61. The SMILES string of the molecule is CCOc1cccc(NC2=C(c3ccc(Cl)cc3Cl)C(=O)N(Cc3ccccn3)C2=O)c1. The number of anilines is 1. The Kier molecular flexibility index (Phi) is 6.44. The highest BCUT2D eigenvalue weighted by Crippen LogP contribution is 2.36. The maximum absolute atomic E-state index is 13.4. The van der Waals surface area contributed by atoms with E-state index >= 15 is 0 Å². The van der Waals surface area contributed by atoms with Gasteiger partial charge < -0.3 is 10.1 Å². The van der Waals surface area contributed by atoms with Gasteiger partial charge in [-0.25, -0.2) is 0 Å². The molecule has 4 rings (SSSR count). The van der Waals surface area contributed by atoms with Gasteiger partial charge in [-0.15, -0.1) is 0 Å². The monoisotopic (exact) mass is 467 g/mol. The van der Waals surface area contributed by atoms with Crippen molar-refractivity contribution in [3.63, 3.8) is 0 Å². The number of carbonyl (C=O) groups is 2. The van der Waals surface area contributed by atoms with Crippen LogP contribution in [0.25, 0.3) is 5.57 Å². The molecule has 2 amide bonds. The van der Waals surface area contributed by atoms with Crippen molar-refractivity contribution in [2.75, 3.05) is 11.9 Å². The number of hydrogen-bond acceptors (Lipinski definition) is 5. The molecule has 0 bridgehead atoms. The van der Waals surface area contributed by atoms with Crippen LogP contribution in [-0.2, 0) is 16.1 Å². The maximum atomic E-state index is 13.4. The molecule has 2 aromatic carbocycles. The third-order valence-corrected chi connectivity index (χ3v) is 5.38. The number of amides is 2. The summed E-state index contributed by atoms with van der Waals surface area (Å²) in [6.45, 7) is 2.43. The molecule has 32 heavy (non-hydrogen) atoms. The first-order chi connectivity index (χ1) is 15.5. The molecule has 0 radical (unpaired) electrons. The van der Waals surface area contributed by atoms with Gasteiger partial charge in [-0.05, 0) is 43.3 Å². The van der Waals surface area contributed by atoms with Crippen molar-refractivity contribution in [3.05, 3.63) is 93.9 Å². The summed E-state index contributed by atoms with van der Waals surface area (Å²) in [7, 11) is 0. The van der Waals surface area contributed by atoms with Crippen molar-refractivity contribution in [2.45, 2.75) is 13.5 Å². The zero-order valence-electron chi connectivity index (χ0n) is 17.1. The Morgan fingerprint density at radius 2 is 1.84 bits per heavy atom. The lowest BCUT2D eigenvalue weighted by atomic mass is 10.0. The van der Waals surface area contributed by atoms with Crippen LogP contribution in [-0.4, -0.2) is 28.3 Å². The predicted octanol–water partition coefficient (Wildman–Crippen LogP) is 5.18. The first-order valence-electron chi connectivity index (χ1n) is 9.93. The maximum Gasteiger partial charge on any atom is 0.278 e. The van der Waals surface area contributed by atoms with Crippen molar-refractivity contribution < 1.29 is 14.3 Å². The number of benzene rings is 2. The third kappa shape index (κ3) is 4.47. The van der Waals surface area contributed by atoms with Gasteiger partial charge in [0.05, 0.1) is 29.4 Å². The van der Waals surface area contributed by atoms with E-state index in [0.717, 1.165) is 4.90 Å². The molecule has 1 aromatic heterocycles. The van der Waals surface area contributed by atoms with Crippen LogP contribution in [0.3, 0.4) is 0 Å². The average Bonchev–Trinajstić information content (AvgIpc) is 2.99. The number of pyridine rings is 1. The number of rotatable bonds is 7. The van der Waals surface area contributed by atoms with Gasteiger partial charge >= 0.3 is 0 Å². The van der Waals surface area contributed by atoms with E-state index < -0.39 is 11.8 Å². The highest BCUT2D eigenvalue weighted by atomic mass is 35.5. The minimum Gasteiger partial charge on any atom is -0.494 e. The zero-order chi connectivity index (χ0) is 22.7. The number of carbonyl (C=O) groups excluding carboxylic acids is 2. The number of hydrogen-bond donors (Lipinski definition) is 1. The molecular formula is C24H19Cl2N3O3. The molecule has 0 saturated heterocycles. The highest BCUT2D eigenvalue weighted by molar-refractivity contribution is 6.41. The molecule has 0 saturated carbocycles. The fourth-order valence-corrected chi connectivity index (χ4v) is 3.91. The lowest BCUT2D eigenvalue weighted by Crippen LogP contribution is -2.32. The summed E-state index contributed by atoms with van der Waals surface area (Å²) in [5.41, 5.74) is 1.92. The molecule has 1 N–H and O–H groups in total. The van der Waals surface area contributed by atoms with Crippen molar-refractivity contribution in [2.24, 2.45) is 0 Å². The summed E-state index contributed by atoms with van der Waals surface area (Å²) in [6, 6.07) is 17.3. The number of nitrogens with one attached hydrogen (secondary N) is 1. The van der Waals surface area contributed by atoms with Crippen LogP contribution in [0.5, 0.6) is 5.75 Å². The Labute approximate surface area is 195 Å².